The lowest BCUT2D eigenvalue weighted by molar-refractivity contribution is 0.207. The average Bonchev–Trinajstić information content (AvgIpc) is 2.97. The van der Waals surface area contributed by atoms with Crippen molar-refractivity contribution in [2.75, 3.05) is 21.3 Å². The number of ether oxygens (including phenoxy) is 4. The molecule has 1 heterocycles. The summed E-state index contributed by atoms with van der Waals surface area (Å²) >= 11 is 0. The molecule has 4 heteroatoms. The van der Waals surface area contributed by atoms with Crippen LogP contribution >= 0.6 is 0 Å². The lowest BCUT2D eigenvalue weighted by atomic mass is 9.91. The van der Waals surface area contributed by atoms with Crippen LogP contribution < -0.4 is 18.9 Å². The van der Waals surface area contributed by atoms with E-state index in [4.69, 9.17) is 18.9 Å². The molecular formula is C21H24O4. The molecule has 1 aliphatic rings. The Balaban J connectivity index is 2.01. The van der Waals surface area contributed by atoms with Crippen LogP contribution in [0.25, 0.3) is 6.08 Å². The fraction of sp³-hybridized carbons (Fsp3) is 0.333. The molecule has 0 aromatic heterocycles. The molecular weight excluding hydrogens is 316 g/mol. The molecule has 25 heavy (non-hydrogen) atoms. The molecule has 1 aliphatic heterocycles. The highest BCUT2D eigenvalue weighted by Gasteiger charge is 2.35. The zero-order valence-electron chi connectivity index (χ0n) is 15.3. The van der Waals surface area contributed by atoms with Crippen molar-refractivity contribution in [3.05, 3.63) is 53.1 Å². The molecule has 0 N–H and O–H groups in total. The highest BCUT2D eigenvalue weighted by molar-refractivity contribution is 5.62. The Morgan fingerprint density at radius 2 is 1.64 bits per heavy atom. The van der Waals surface area contributed by atoms with Crippen molar-refractivity contribution in [2.24, 2.45) is 0 Å². The lowest BCUT2D eigenvalue weighted by Gasteiger charge is -2.18. The van der Waals surface area contributed by atoms with E-state index in [1.54, 1.807) is 21.3 Å². The second-order valence-electron chi connectivity index (χ2n) is 6.08. The van der Waals surface area contributed by atoms with Gasteiger partial charge in [0, 0.05) is 11.5 Å². The lowest BCUT2D eigenvalue weighted by Crippen LogP contribution is -2.07. The number of benzene rings is 2. The summed E-state index contributed by atoms with van der Waals surface area (Å²) in [6, 6.07) is 10.1. The van der Waals surface area contributed by atoms with Gasteiger partial charge in [0.2, 0.25) is 0 Å². The first kappa shape index (κ1) is 17.2. The smallest absolute Gasteiger partial charge is 0.165 e. The van der Waals surface area contributed by atoms with Crippen LogP contribution in [0.15, 0.2) is 36.4 Å². The van der Waals surface area contributed by atoms with Gasteiger partial charge >= 0.3 is 0 Å². The van der Waals surface area contributed by atoms with Crippen LogP contribution in [0, 0.1) is 0 Å². The van der Waals surface area contributed by atoms with Crippen LogP contribution in [0.5, 0.6) is 23.0 Å². The van der Waals surface area contributed by atoms with Gasteiger partial charge in [0.15, 0.2) is 23.0 Å². The number of hydrogen-bond acceptors (Lipinski definition) is 4. The molecule has 0 fully saturated rings. The van der Waals surface area contributed by atoms with E-state index in [2.05, 4.69) is 19.1 Å². The first-order valence-corrected chi connectivity index (χ1v) is 8.36. The molecule has 0 aliphatic carbocycles. The first-order valence-electron chi connectivity index (χ1n) is 8.36. The highest BCUT2D eigenvalue weighted by atomic mass is 16.5. The van der Waals surface area contributed by atoms with E-state index in [0.717, 1.165) is 28.2 Å². The second-order valence-corrected chi connectivity index (χ2v) is 6.08. The Bertz CT molecular complexity index is 795. The molecule has 2 aromatic carbocycles. The normalized spacial score (nSPS) is 18.8. The van der Waals surface area contributed by atoms with E-state index in [1.165, 1.54) is 0 Å². The fourth-order valence-electron chi connectivity index (χ4n) is 3.33. The largest absolute Gasteiger partial charge is 0.493 e. The summed E-state index contributed by atoms with van der Waals surface area (Å²) in [6.45, 7) is 4.18. The number of rotatable bonds is 5. The van der Waals surface area contributed by atoms with Crippen LogP contribution in [0.4, 0.5) is 0 Å². The zero-order chi connectivity index (χ0) is 18.0. The average molecular weight is 340 g/mol. The summed E-state index contributed by atoms with van der Waals surface area (Å²) in [5.41, 5.74) is 3.32. The van der Waals surface area contributed by atoms with Gasteiger partial charge in [0.25, 0.3) is 0 Å². The van der Waals surface area contributed by atoms with Crippen molar-refractivity contribution in [3.63, 3.8) is 0 Å². The number of methoxy groups -OCH3 is 3. The van der Waals surface area contributed by atoms with Gasteiger partial charge in [0.05, 0.1) is 21.3 Å². The first-order chi connectivity index (χ1) is 12.1. The SMILES string of the molecule is C/C=C/c1cc(OC)c2c(c1)[C@H](C)[C@H](c1ccc(OC)c(OC)c1)O2. The zero-order valence-corrected chi connectivity index (χ0v) is 15.3. The molecule has 0 saturated heterocycles. The maximum Gasteiger partial charge on any atom is 0.165 e. The minimum absolute atomic E-state index is 0.0930. The molecule has 0 amide bonds. The van der Waals surface area contributed by atoms with Gasteiger partial charge in [-0.3, -0.25) is 0 Å². The maximum atomic E-state index is 6.29. The van der Waals surface area contributed by atoms with Gasteiger partial charge in [0.1, 0.15) is 6.10 Å². The third kappa shape index (κ3) is 3.04. The van der Waals surface area contributed by atoms with E-state index in [9.17, 15) is 0 Å². The van der Waals surface area contributed by atoms with Crippen molar-refractivity contribution in [3.8, 4) is 23.0 Å². The van der Waals surface area contributed by atoms with Crippen LogP contribution in [-0.4, -0.2) is 21.3 Å². The number of hydrogen-bond donors (Lipinski definition) is 0. The van der Waals surface area contributed by atoms with Crippen molar-refractivity contribution in [1.29, 1.82) is 0 Å². The predicted molar refractivity (Wildman–Crippen MR) is 99.0 cm³/mol. The second kappa shape index (κ2) is 7.09. The molecule has 3 rings (SSSR count). The number of allylic oxidation sites excluding steroid dienone is 1. The third-order valence-electron chi connectivity index (χ3n) is 4.61. The Morgan fingerprint density at radius 3 is 2.28 bits per heavy atom. The molecule has 4 nitrogen and oxygen atoms in total. The van der Waals surface area contributed by atoms with Gasteiger partial charge in [-0.1, -0.05) is 25.1 Å². The van der Waals surface area contributed by atoms with Crippen molar-refractivity contribution < 1.29 is 18.9 Å². The van der Waals surface area contributed by atoms with Crippen LogP contribution in [0.1, 0.15) is 42.6 Å². The molecule has 2 atom stereocenters. The van der Waals surface area contributed by atoms with E-state index in [-0.39, 0.29) is 12.0 Å². The van der Waals surface area contributed by atoms with Gasteiger partial charge in [-0.05, 0) is 42.3 Å². The van der Waals surface area contributed by atoms with Crippen molar-refractivity contribution in [2.45, 2.75) is 25.9 Å². The third-order valence-corrected chi connectivity index (χ3v) is 4.61. The molecule has 0 saturated carbocycles. The minimum Gasteiger partial charge on any atom is -0.493 e. The monoisotopic (exact) mass is 340 g/mol. The Morgan fingerprint density at radius 1 is 0.920 bits per heavy atom. The van der Waals surface area contributed by atoms with Gasteiger partial charge < -0.3 is 18.9 Å². The molecule has 0 radical (unpaired) electrons. The van der Waals surface area contributed by atoms with E-state index in [0.29, 0.717) is 11.5 Å². The van der Waals surface area contributed by atoms with E-state index >= 15 is 0 Å². The molecule has 0 bridgehead atoms. The molecule has 0 unspecified atom stereocenters. The standard InChI is InChI=1S/C21H24O4/c1-6-7-14-10-16-13(2)20(25-21(16)19(11-14)24-5)15-8-9-17(22-3)18(12-15)23-4/h6-13,20H,1-5H3/b7-6+/t13-,20+/m0/s1. The summed E-state index contributed by atoms with van der Waals surface area (Å²) in [5.74, 6) is 3.20. The predicted octanol–water partition coefficient (Wildman–Crippen LogP) is 4.98. The van der Waals surface area contributed by atoms with Crippen molar-refractivity contribution in [1.82, 2.24) is 0 Å². The van der Waals surface area contributed by atoms with E-state index in [1.807, 2.05) is 37.3 Å². The molecule has 0 spiro atoms. The molecule has 132 valence electrons. The number of fused-ring (bicyclic) bond motifs is 1. The summed E-state index contributed by atoms with van der Waals surface area (Å²) in [4.78, 5) is 0. The van der Waals surface area contributed by atoms with Gasteiger partial charge in [-0.15, -0.1) is 0 Å². The summed E-state index contributed by atoms with van der Waals surface area (Å²) in [6.07, 6.45) is 4.00. The molecule has 2 aromatic rings. The summed E-state index contributed by atoms with van der Waals surface area (Å²) in [5, 5.41) is 0. The van der Waals surface area contributed by atoms with Crippen LogP contribution in [0.3, 0.4) is 0 Å². The van der Waals surface area contributed by atoms with Crippen LogP contribution in [0.2, 0.25) is 0 Å². The highest BCUT2D eigenvalue weighted by Crippen LogP contribution is 2.51. The van der Waals surface area contributed by atoms with Crippen LogP contribution in [-0.2, 0) is 0 Å². The quantitative estimate of drug-likeness (QED) is 0.769. The summed E-state index contributed by atoms with van der Waals surface area (Å²) in [7, 11) is 4.95. The minimum atomic E-state index is -0.0930. The Labute approximate surface area is 149 Å². The van der Waals surface area contributed by atoms with Gasteiger partial charge in [-0.2, -0.15) is 0 Å². The topological polar surface area (TPSA) is 36.9 Å². The fourth-order valence-corrected chi connectivity index (χ4v) is 3.33. The Kier molecular flexibility index (Phi) is 4.88. The Hall–Kier alpha value is -2.62. The van der Waals surface area contributed by atoms with E-state index < -0.39 is 0 Å². The van der Waals surface area contributed by atoms with Gasteiger partial charge in [-0.25, -0.2) is 0 Å². The maximum absolute atomic E-state index is 6.29. The van der Waals surface area contributed by atoms with Crippen molar-refractivity contribution >= 4 is 6.08 Å². The summed E-state index contributed by atoms with van der Waals surface area (Å²) < 4.78 is 22.6.